The fourth-order valence-corrected chi connectivity index (χ4v) is 1.47. The van der Waals surface area contributed by atoms with Gasteiger partial charge < -0.3 is 0 Å². The Morgan fingerprint density at radius 1 is 1.46 bits per heavy atom. The topological polar surface area (TPSA) is 17.1 Å². The molecule has 0 fully saturated rings. The smallest absolute Gasteiger partial charge is 0.173 e. The summed E-state index contributed by atoms with van der Waals surface area (Å²) < 4.78 is 25.4. The van der Waals surface area contributed by atoms with Crippen LogP contribution in [0.5, 0.6) is 0 Å². The fourth-order valence-electron chi connectivity index (χ4n) is 0.932. The zero-order valence-corrected chi connectivity index (χ0v) is 8.49. The molecule has 0 radical (unpaired) electrons. The molecule has 0 N–H and O–H groups in total. The molecule has 0 aromatic heterocycles. The van der Waals surface area contributed by atoms with Crippen LogP contribution in [0.1, 0.15) is 23.7 Å². The fraction of sp³-hybridized carbons (Fsp3) is 0.222. The number of rotatable bonds is 2. The molecular weight excluding hydrogens is 242 g/mol. The lowest BCUT2D eigenvalue weighted by Gasteiger charge is -2.02. The van der Waals surface area contributed by atoms with Gasteiger partial charge in [0.2, 0.25) is 0 Å². The number of benzene rings is 1. The van der Waals surface area contributed by atoms with Crippen LogP contribution in [0, 0.1) is 11.6 Å². The Morgan fingerprint density at radius 2 is 2.08 bits per heavy atom. The van der Waals surface area contributed by atoms with Crippen molar-refractivity contribution in [3.05, 3.63) is 33.8 Å². The summed E-state index contributed by atoms with van der Waals surface area (Å²) in [6, 6.07) is 2.22. The summed E-state index contributed by atoms with van der Waals surface area (Å²) in [6.45, 7) is 1.66. The average Bonchev–Trinajstić information content (AvgIpc) is 2.13. The Bertz CT molecular complexity index is 350. The minimum Gasteiger partial charge on any atom is -0.294 e. The average molecular weight is 249 g/mol. The van der Waals surface area contributed by atoms with Crippen LogP contribution in [0.15, 0.2) is 16.6 Å². The normalized spacial score (nSPS) is 10.2. The maximum absolute atomic E-state index is 12.9. The van der Waals surface area contributed by atoms with Crippen LogP contribution in [0.4, 0.5) is 8.78 Å². The molecule has 1 nitrogen and oxygen atoms in total. The van der Waals surface area contributed by atoms with Crippen molar-refractivity contribution in [1.82, 2.24) is 0 Å². The van der Waals surface area contributed by atoms with Gasteiger partial charge in [0.1, 0.15) is 0 Å². The van der Waals surface area contributed by atoms with Crippen LogP contribution in [0.2, 0.25) is 0 Å². The molecule has 1 aromatic rings. The summed E-state index contributed by atoms with van der Waals surface area (Å²) in [5, 5.41) is 0. The minimum atomic E-state index is -1.01. The van der Waals surface area contributed by atoms with Gasteiger partial charge in [-0.1, -0.05) is 6.92 Å². The molecule has 0 aliphatic heterocycles. The number of hydrogen-bond donors (Lipinski definition) is 0. The molecule has 1 aromatic carbocycles. The molecule has 1 rings (SSSR count). The maximum Gasteiger partial charge on any atom is 0.173 e. The molecule has 0 heterocycles. The van der Waals surface area contributed by atoms with E-state index >= 15 is 0 Å². The Labute approximate surface area is 82.9 Å². The summed E-state index contributed by atoms with van der Waals surface area (Å²) in [7, 11) is 0. The van der Waals surface area contributed by atoms with Crippen molar-refractivity contribution < 1.29 is 13.6 Å². The minimum absolute atomic E-state index is 0.0978. The Hall–Kier alpha value is -0.770. The van der Waals surface area contributed by atoms with E-state index in [1.165, 1.54) is 6.07 Å². The van der Waals surface area contributed by atoms with Gasteiger partial charge in [0.05, 0.1) is 4.47 Å². The lowest BCUT2D eigenvalue weighted by Crippen LogP contribution is -2.00. The van der Waals surface area contributed by atoms with E-state index in [-0.39, 0.29) is 22.2 Å². The second kappa shape index (κ2) is 3.96. The molecule has 0 spiro atoms. The molecule has 4 heteroatoms. The highest BCUT2D eigenvalue weighted by molar-refractivity contribution is 9.10. The van der Waals surface area contributed by atoms with Gasteiger partial charge in [-0.2, -0.15) is 0 Å². The highest BCUT2D eigenvalue weighted by Crippen LogP contribution is 2.23. The van der Waals surface area contributed by atoms with Gasteiger partial charge in [0.15, 0.2) is 17.4 Å². The summed E-state index contributed by atoms with van der Waals surface area (Å²) in [5.41, 5.74) is 0.182. The number of halogens is 3. The molecule has 0 atom stereocenters. The second-order valence-corrected chi connectivity index (χ2v) is 3.29. The monoisotopic (exact) mass is 248 g/mol. The van der Waals surface area contributed by atoms with Crippen molar-refractivity contribution in [3.63, 3.8) is 0 Å². The van der Waals surface area contributed by atoms with Gasteiger partial charge in [-0.3, -0.25) is 4.79 Å². The molecule has 0 amide bonds. The van der Waals surface area contributed by atoms with Crippen LogP contribution in [-0.2, 0) is 0 Å². The van der Waals surface area contributed by atoms with Crippen LogP contribution < -0.4 is 0 Å². The first kappa shape index (κ1) is 10.3. The van der Waals surface area contributed by atoms with Crippen LogP contribution in [0.3, 0.4) is 0 Å². The summed E-state index contributed by atoms with van der Waals surface area (Å²) >= 11 is 2.84. The van der Waals surface area contributed by atoms with E-state index in [0.717, 1.165) is 6.07 Å². The molecule has 0 aliphatic carbocycles. The van der Waals surface area contributed by atoms with E-state index < -0.39 is 11.6 Å². The van der Waals surface area contributed by atoms with E-state index in [1.54, 1.807) is 6.92 Å². The summed E-state index contributed by atoms with van der Waals surface area (Å²) in [4.78, 5) is 11.2. The lowest BCUT2D eigenvalue weighted by atomic mass is 10.1. The zero-order chi connectivity index (χ0) is 10.0. The zero-order valence-electron chi connectivity index (χ0n) is 6.90. The highest BCUT2D eigenvalue weighted by Gasteiger charge is 2.14. The lowest BCUT2D eigenvalue weighted by molar-refractivity contribution is 0.0987. The summed E-state index contributed by atoms with van der Waals surface area (Å²) in [5.74, 6) is -2.19. The number of hydrogen-bond acceptors (Lipinski definition) is 1. The number of carbonyl (C=O) groups excluding carboxylic acids is 1. The van der Waals surface area contributed by atoms with Gasteiger partial charge in [-0.15, -0.1) is 0 Å². The Balaban J connectivity index is 3.26. The third kappa shape index (κ3) is 1.94. The van der Waals surface area contributed by atoms with Crippen LogP contribution >= 0.6 is 15.9 Å². The van der Waals surface area contributed by atoms with Gasteiger partial charge in [-0.25, -0.2) is 8.78 Å². The highest BCUT2D eigenvalue weighted by atomic mass is 79.9. The van der Waals surface area contributed by atoms with Crippen molar-refractivity contribution in [3.8, 4) is 0 Å². The van der Waals surface area contributed by atoms with Crippen LogP contribution in [-0.4, -0.2) is 5.78 Å². The van der Waals surface area contributed by atoms with E-state index in [4.69, 9.17) is 0 Å². The van der Waals surface area contributed by atoms with Gasteiger partial charge in [0.25, 0.3) is 0 Å². The predicted octanol–water partition coefficient (Wildman–Crippen LogP) is 3.32. The predicted molar refractivity (Wildman–Crippen MR) is 48.7 cm³/mol. The first-order valence-corrected chi connectivity index (χ1v) is 4.54. The van der Waals surface area contributed by atoms with Crippen molar-refractivity contribution in [1.29, 1.82) is 0 Å². The van der Waals surface area contributed by atoms with Gasteiger partial charge >= 0.3 is 0 Å². The molecule has 0 saturated heterocycles. The SMILES string of the molecule is CCC(=O)c1ccc(F)c(F)c1Br. The molecule has 70 valence electrons. The molecule has 0 saturated carbocycles. The van der Waals surface area contributed by atoms with E-state index in [9.17, 15) is 13.6 Å². The largest absolute Gasteiger partial charge is 0.294 e. The Kier molecular flexibility index (Phi) is 3.14. The van der Waals surface area contributed by atoms with Gasteiger partial charge in [-0.05, 0) is 28.1 Å². The molecule has 13 heavy (non-hydrogen) atoms. The quantitative estimate of drug-likeness (QED) is 0.580. The second-order valence-electron chi connectivity index (χ2n) is 2.50. The summed E-state index contributed by atoms with van der Waals surface area (Å²) in [6.07, 6.45) is 0.268. The third-order valence-corrected chi connectivity index (χ3v) is 2.43. The maximum atomic E-state index is 12.9. The number of Topliss-reactive ketones (excluding diaryl/α,β-unsaturated/α-hetero) is 1. The van der Waals surface area contributed by atoms with Crippen molar-refractivity contribution in [2.24, 2.45) is 0 Å². The molecule has 0 aliphatic rings. The van der Waals surface area contributed by atoms with E-state index in [0.29, 0.717) is 0 Å². The van der Waals surface area contributed by atoms with Gasteiger partial charge in [0, 0.05) is 12.0 Å². The van der Waals surface area contributed by atoms with Crippen molar-refractivity contribution >= 4 is 21.7 Å². The van der Waals surface area contributed by atoms with Crippen molar-refractivity contribution in [2.75, 3.05) is 0 Å². The van der Waals surface area contributed by atoms with E-state index in [1.807, 2.05) is 0 Å². The standard InChI is InChI=1S/C9H7BrF2O/c1-2-7(13)5-3-4-6(11)9(12)8(5)10/h3-4H,2H2,1H3. The molecular formula is C9H7BrF2O. The number of carbonyl (C=O) groups is 1. The van der Waals surface area contributed by atoms with E-state index in [2.05, 4.69) is 15.9 Å². The third-order valence-electron chi connectivity index (χ3n) is 1.66. The first-order chi connectivity index (χ1) is 6.07. The number of ketones is 1. The van der Waals surface area contributed by atoms with Crippen molar-refractivity contribution in [2.45, 2.75) is 13.3 Å². The van der Waals surface area contributed by atoms with Crippen LogP contribution in [0.25, 0.3) is 0 Å². The molecule has 0 bridgehead atoms. The first-order valence-electron chi connectivity index (χ1n) is 3.74. The Morgan fingerprint density at radius 3 is 2.62 bits per heavy atom. The molecule has 0 unspecified atom stereocenters.